The molecule has 0 heterocycles. The van der Waals surface area contributed by atoms with Crippen LogP contribution in [-0.4, -0.2) is 38.7 Å². The number of methoxy groups -OCH3 is 1. The van der Waals surface area contributed by atoms with Gasteiger partial charge in [-0.3, -0.25) is 4.94 Å². The number of nitrogens with two attached hydrogens (primary N) is 1. The monoisotopic (exact) mass is 403 g/mol. The van der Waals surface area contributed by atoms with Crippen LogP contribution in [0.25, 0.3) is 0 Å². The van der Waals surface area contributed by atoms with Crippen molar-refractivity contribution < 1.29 is 33.6 Å². The van der Waals surface area contributed by atoms with Gasteiger partial charge in [-0.25, -0.2) is 4.79 Å². The number of hydrogen-bond acceptors (Lipinski definition) is 7. The maximum absolute atomic E-state index is 11.5. The topological polar surface area (TPSA) is 108 Å². The van der Waals surface area contributed by atoms with Crippen molar-refractivity contribution in [2.24, 2.45) is 0 Å². The summed E-state index contributed by atoms with van der Waals surface area (Å²) in [5.41, 5.74) is 7.52. The van der Waals surface area contributed by atoms with Crippen LogP contribution in [0.1, 0.15) is 45.1 Å². The van der Waals surface area contributed by atoms with Crippen LogP contribution in [0.5, 0.6) is 11.5 Å². The van der Waals surface area contributed by atoms with E-state index in [1.807, 2.05) is 26.7 Å². The van der Waals surface area contributed by atoms with Gasteiger partial charge >= 0.3 is 5.97 Å². The SMILES string of the molecule is C=CCc1cc(OC)c(OCCCCCC(=O)OF)cc1N.C=O.CC.CO. The lowest BCUT2D eigenvalue weighted by Crippen LogP contribution is -2.03. The van der Waals surface area contributed by atoms with Gasteiger partial charge in [-0.2, -0.15) is 0 Å². The molecule has 0 aromatic heterocycles. The van der Waals surface area contributed by atoms with E-state index in [2.05, 4.69) is 11.5 Å². The summed E-state index contributed by atoms with van der Waals surface area (Å²) in [5, 5.41) is 7.00. The van der Waals surface area contributed by atoms with Gasteiger partial charge in [0.25, 0.3) is 0 Å². The number of hydrogen-bond donors (Lipinski definition) is 2. The summed E-state index contributed by atoms with van der Waals surface area (Å²) >= 11 is 0. The van der Waals surface area contributed by atoms with Crippen molar-refractivity contribution >= 4 is 18.4 Å². The number of rotatable bonds is 10. The molecule has 8 heteroatoms. The largest absolute Gasteiger partial charge is 0.493 e. The minimum absolute atomic E-state index is 0.0724. The maximum atomic E-state index is 11.5. The van der Waals surface area contributed by atoms with Gasteiger partial charge in [0.15, 0.2) is 11.5 Å². The van der Waals surface area contributed by atoms with Gasteiger partial charge in [0.05, 0.1) is 13.7 Å². The highest BCUT2D eigenvalue weighted by Crippen LogP contribution is 2.32. The van der Waals surface area contributed by atoms with E-state index in [0.717, 1.165) is 25.5 Å². The third-order valence-corrected chi connectivity index (χ3v) is 3.16. The third-order valence-electron chi connectivity index (χ3n) is 3.16. The van der Waals surface area contributed by atoms with E-state index in [1.165, 1.54) is 0 Å². The van der Waals surface area contributed by atoms with Crippen LogP contribution >= 0.6 is 0 Å². The number of anilines is 1. The molecule has 162 valence electrons. The second-order valence-electron chi connectivity index (χ2n) is 4.80. The van der Waals surface area contributed by atoms with Gasteiger partial charge in [-0.05, 0) is 37.3 Å². The first-order chi connectivity index (χ1) is 13.6. The van der Waals surface area contributed by atoms with Crippen molar-refractivity contribution in [2.75, 3.05) is 26.6 Å². The van der Waals surface area contributed by atoms with Gasteiger partial charge in [0.2, 0.25) is 0 Å². The van der Waals surface area contributed by atoms with Crippen LogP contribution in [0.3, 0.4) is 0 Å². The normalized spacial score (nSPS) is 8.50. The molecule has 0 radical (unpaired) electrons. The molecule has 0 spiro atoms. The Labute approximate surface area is 167 Å². The van der Waals surface area contributed by atoms with E-state index in [1.54, 1.807) is 19.3 Å². The molecular weight excluding hydrogens is 369 g/mol. The predicted molar refractivity (Wildman–Crippen MR) is 109 cm³/mol. The third kappa shape index (κ3) is 13.6. The summed E-state index contributed by atoms with van der Waals surface area (Å²) in [5.74, 6) is 0.358. The zero-order chi connectivity index (χ0) is 22.4. The van der Waals surface area contributed by atoms with Crippen LogP contribution in [-0.2, 0) is 21.0 Å². The second kappa shape index (κ2) is 22.4. The summed E-state index contributed by atoms with van der Waals surface area (Å²) < 4.78 is 22.4. The van der Waals surface area contributed by atoms with Crippen LogP contribution in [0.15, 0.2) is 24.8 Å². The van der Waals surface area contributed by atoms with Crippen LogP contribution in [0.2, 0.25) is 0 Å². The van der Waals surface area contributed by atoms with Crippen molar-refractivity contribution in [3.8, 4) is 11.5 Å². The molecule has 0 saturated carbocycles. The summed E-state index contributed by atoms with van der Waals surface area (Å²) in [6, 6.07) is 3.57. The van der Waals surface area contributed by atoms with E-state index >= 15 is 0 Å². The number of carbonyl (C=O) groups excluding carboxylic acids is 2. The van der Waals surface area contributed by atoms with Crippen LogP contribution in [0, 0.1) is 0 Å². The molecule has 1 rings (SSSR count). The van der Waals surface area contributed by atoms with Crippen molar-refractivity contribution in [1.82, 2.24) is 0 Å². The lowest BCUT2D eigenvalue weighted by atomic mass is 10.1. The Morgan fingerprint density at radius 3 is 2.29 bits per heavy atom. The summed E-state index contributed by atoms with van der Waals surface area (Å²) in [6.07, 6.45) is 4.53. The molecule has 0 aliphatic carbocycles. The molecule has 0 unspecified atom stereocenters. The first-order valence-corrected chi connectivity index (χ1v) is 8.87. The van der Waals surface area contributed by atoms with Crippen molar-refractivity contribution in [3.63, 3.8) is 0 Å². The minimum Gasteiger partial charge on any atom is -0.493 e. The Balaban J connectivity index is -0.000000946. The number of allylic oxidation sites excluding steroid dienone is 1. The van der Waals surface area contributed by atoms with Gasteiger partial charge in [-0.15, -0.1) is 6.58 Å². The zero-order valence-electron chi connectivity index (χ0n) is 17.3. The number of nitrogen functional groups attached to an aromatic ring is 1. The molecule has 0 aliphatic heterocycles. The Bertz CT molecular complexity index is 526. The number of carbonyl (C=O) groups is 2. The lowest BCUT2D eigenvalue weighted by molar-refractivity contribution is -0.183. The fourth-order valence-corrected chi connectivity index (χ4v) is 1.99. The van der Waals surface area contributed by atoms with Crippen LogP contribution < -0.4 is 15.2 Å². The fraction of sp³-hybridized carbons (Fsp3) is 0.500. The first kappa shape index (κ1) is 30.1. The highest BCUT2D eigenvalue weighted by Gasteiger charge is 2.09. The molecule has 0 aliphatic rings. The van der Waals surface area contributed by atoms with Crippen LogP contribution in [0.4, 0.5) is 10.2 Å². The minimum atomic E-state index is -0.840. The number of aliphatic hydroxyl groups excluding tert-OH is 1. The number of aliphatic hydroxyl groups is 1. The molecule has 0 saturated heterocycles. The maximum Gasteiger partial charge on any atom is 0.348 e. The lowest BCUT2D eigenvalue weighted by Gasteiger charge is -2.13. The van der Waals surface area contributed by atoms with Crippen molar-refractivity contribution in [2.45, 2.75) is 46.0 Å². The van der Waals surface area contributed by atoms with Gasteiger partial charge in [0, 0.05) is 29.8 Å². The van der Waals surface area contributed by atoms with Crippen molar-refractivity contribution in [1.29, 1.82) is 0 Å². The van der Waals surface area contributed by atoms with E-state index in [0.29, 0.717) is 36.6 Å². The average Bonchev–Trinajstić information content (AvgIpc) is 2.76. The first-order valence-electron chi connectivity index (χ1n) is 8.87. The molecule has 0 amide bonds. The fourth-order valence-electron chi connectivity index (χ4n) is 1.99. The van der Waals surface area contributed by atoms with E-state index in [-0.39, 0.29) is 6.42 Å². The molecule has 0 fully saturated rings. The van der Waals surface area contributed by atoms with Crippen molar-refractivity contribution in [3.05, 3.63) is 30.4 Å². The summed E-state index contributed by atoms with van der Waals surface area (Å²) in [7, 11) is 2.57. The molecular formula is C20H34FNO6. The number of unbranched alkanes of at least 4 members (excludes halogenated alkanes) is 2. The van der Waals surface area contributed by atoms with E-state index in [4.69, 9.17) is 25.1 Å². The highest BCUT2D eigenvalue weighted by molar-refractivity contribution is 5.68. The van der Waals surface area contributed by atoms with Gasteiger partial charge < -0.3 is 25.1 Å². The average molecular weight is 403 g/mol. The summed E-state index contributed by atoms with van der Waals surface area (Å²) in [6.45, 7) is 10.1. The predicted octanol–water partition coefficient (Wildman–Crippen LogP) is 3.82. The molecule has 0 bridgehead atoms. The van der Waals surface area contributed by atoms with E-state index in [9.17, 15) is 9.32 Å². The molecule has 3 N–H and O–H groups in total. The Kier molecular flexibility index (Phi) is 24.1. The molecule has 28 heavy (non-hydrogen) atoms. The second-order valence-corrected chi connectivity index (χ2v) is 4.80. The van der Waals surface area contributed by atoms with Gasteiger partial charge in [-0.1, -0.05) is 19.9 Å². The smallest absolute Gasteiger partial charge is 0.348 e. The zero-order valence-corrected chi connectivity index (χ0v) is 17.3. The molecule has 1 aromatic rings. The van der Waals surface area contributed by atoms with E-state index < -0.39 is 5.97 Å². The highest BCUT2D eigenvalue weighted by atomic mass is 19.3. The molecule has 1 aromatic carbocycles. The number of benzene rings is 1. The molecule has 7 nitrogen and oxygen atoms in total. The Morgan fingerprint density at radius 2 is 1.79 bits per heavy atom. The Hall–Kier alpha value is -2.61. The molecule has 0 atom stereocenters. The standard InChI is InChI=1S/C16H22FNO4.C2H6.CH4O.CH2O/c1-3-7-12-10-14(20-2)15(11-13(12)18)21-9-6-4-5-8-16(19)22-17;3*1-2/h3,10-11H,1,4-9,18H2,2H3;1-2H3;2H,1H3;1H2. The number of ether oxygens (including phenoxy) is 2. The quantitative estimate of drug-likeness (QED) is 0.347. The Morgan fingerprint density at radius 1 is 1.18 bits per heavy atom. The van der Waals surface area contributed by atoms with Gasteiger partial charge in [0.1, 0.15) is 6.79 Å². The number of halogens is 1. The summed E-state index contributed by atoms with van der Waals surface area (Å²) in [4.78, 5) is 21.7.